The first-order valence-corrected chi connectivity index (χ1v) is 11.0. The quantitative estimate of drug-likeness (QED) is 0.261. The molecule has 12 nitrogen and oxygen atoms in total. The number of aliphatic hydroxyl groups excluding tert-OH is 1. The number of nitrogen functional groups attached to an aromatic ring is 1. The van der Waals surface area contributed by atoms with Gasteiger partial charge in [0.05, 0.1) is 19.5 Å². The molecule has 0 spiro atoms. The van der Waals surface area contributed by atoms with Crippen molar-refractivity contribution in [3.63, 3.8) is 0 Å². The van der Waals surface area contributed by atoms with Crippen LogP contribution in [-0.4, -0.2) is 72.8 Å². The molecule has 5 atom stereocenters. The zero-order valence-electron chi connectivity index (χ0n) is 15.3. The van der Waals surface area contributed by atoms with E-state index in [9.17, 15) is 15.0 Å². The highest BCUT2D eigenvalue weighted by Crippen LogP contribution is 2.40. The highest BCUT2D eigenvalue weighted by Gasteiger charge is 2.53. The van der Waals surface area contributed by atoms with E-state index in [1.54, 1.807) is 11.8 Å². The summed E-state index contributed by atoms with van der Waals surface area (Å²) in [5, 5.41) is 21.3. The Morgan fingerprint density at radius 2 is 2.29 bits per heavy atom. The number of ether oxygens (including phenoxy) is 1. The van der Waals surface area contributed by atoms with Gasteiger partial charge in [-0.1, -0.05) is 0 Å². The number of fused-ring (bicyclic) bond motifs is 1. The molecule has 156 valence electrons. The Kier molecular flexibility index (Phi) is 6.57. The van der Waals surface area contributed by atoms with Gasteiger partial charge < -0.3 is 29.7 Å². The molecule has 2 aromatic heterocycles. The number of aromatic amines is 1. The van der Waals surface area contributed by atoms with Crippen LogP contribution >= 0.6 is 20.3 Å². The molecular weight excluding hydrogens is 411 g/mol. The smallest absolute Gasteiger partial charge is 0.280 e. The summed E-state index contributed by atoms with van der Waals surface area (Å²) >= 11 is 1.62. The number of rotatable bonds is 8. The Morgan fingerprint density at radius 1 is 1.54 bits per heavy atom. The summed E-state index contributed by atoms with van der Waals surface area (Å²) in [5.74, 6) is 0.676. The number of nitrogens with one attached hydrogen (secondary N) is 1. The molecule has 0 saturated carbocycles. The lowest BCUT2D eigenvalue weighted by Gasteiger charge is -2.27. The highest BCUT2D eigenvalue weighted by molar-refractivity contribution is 7.98. The lowest BCUT2D eigenvalue weighted by Crippen LogP contribution is -2.44. The van der Waals surface area contributed by atoms with Gasteiger partial charge in [-0.05, 0) is 13.2 Å². The molecule has 0 aromatic carbocycles. The van der Waals surface area contributed by atoms with Crippen LogP contribution in [0.5, 0.6) is 0 Å². The van der Waals surface area contributed by atoms with E-state index in [4.69, 9.17) is 25.0 Å². The van der Waals surface area contributed by atoms with E-state index in [1.807, 2.05) is 6.26 Å². The van der Waals surface area contributed by atoms with Crippen molar-refractivity contribution in [2.24, 2.45) is 5.50 Å². The van der Waals surface area contributed by atoms with E-state index in [0.29, 0.717) is 6.61 Å². The predicted molar refractivity (Wildman–Crippen MR) is 104 cm³/mol. The number of aliphatic hydroxyl groups is 2. The summed E-state index contributed by atoms with van der Waals surface area (Å²) < 4.78 is 17.9. The number of thioether (sulfide) groups is 1. The number of anilines is 1. The van der Waals surface area contributed by atoms with Gasteiger partial charge in [-0.3, -0.25) is 19.8 Å². The van der Waals surface area contributed by atoms with Crippen LogP contribution in [0.25, 0.3) is 11.2 Å². The molecule has 3 rings (SSSR count). The summed E-state index contributed by atoms with van der Waals surface area (Å²) in [4.78, 5) is 22.3. The second kappa shape index (κ2) is 8.59. The van der Waals surface area contributed by atoms with Crippen LogP contribution in [0.3, 0.4) is 0 Å². The highest BCUT2D eigenvalue weighted by atomic mass is 32.2. The number of hydrogen-bond acceptors (Lipinski definition) is 11. The summed E-state index contributed by atoms with van der Waals surface area (Å²) in [7, 11) is -1.63. The summed E-state index contributed by atoms with van der Waals surface area (Å²) in [6.07, 6.45) is 0.00180. The summed E-state index contributed by atoms with van der Waals surface area (Å²) in [6.45, 7) is 1.77. The van der Waals surface area contributed by atoms with Gasteiger partial charge >= 0.3 is 0 Å². The summed E-state index contributed by atoms with van der Waals surface area (Å²) in [5.41, 5.74) is 9.31. The standard InChI is InChI=1S/C14H23N6O6PS/c1-14(23)9(21)7(5-25-27(16)24-3-4-28-2)26-12(14)20-6-17-8-10(20)18-13(15)19-11(8)22/h6-7,9,12,21,23H,3-5,16H2,1-2H3,(H3,15,18,19,22). The number of aromatic nitrogens is 4. The third-order valence-electron chi connectivity index (χ3n) is 4.33. The number of nitrogens with two attached hydrogens (primary N) is 2. The van der Waals surface area contributed by atoms with Gasteiger partial charge in [-0.15, -0.1) is 0 Å². The van der Waals surface area contributed by atoms with E-state index in [2.05, 4.69) is 15.0 Å². The zero-order valence-corrected chi connectivity index (χ0v) is 17.0. The first-order valence-electron chi connectivity index (χ1n) is 8.33. The Labute approximate surface area is 165 Å². The minimum absolute atomic E-state index is 0.0375. The fraction of sp³-hybridized carbons (Fsp3) is 0.643. The molecule has 5 unspecified atom stereocenters. The minimum atomic E-state index is -1.71. The topological polar surface area (TPSA) is 184 Å². The van der Waals surface area contributed by atoms with Crippen molar-refractivity contribution in [1.29, 1.82) is 0 Å². The van der Waals surface area contributed by atoms with Gasteiger partial charge in [0.2, 0.25) is 5.95 Å². The van der Waals surface area contributed by atoms with Gasteiger partial charge in [0.1, 0.15) is 17.8 Å². The zero-order chi connectivity index (χ0) is 20.5. The maximum Gasteiger partial charge on any atom is 0.280 e. The van der Waals surface area contributed by atoms with Crippen molar-refractivity contribution in [2.45, 2.75) is 31.0 Å². The Balaban J connectivity index is 1.76. The lowest BCUT2D eigenvalue weighted by molar-refractivity contribution is -0.0947. The molecule has 1 fully saturated rings. The molecule has 3 heterocycles. The van der Waals surface area contributed by atoms with E-state index in [0.717, 1.165) is 5.75 Å². The van der Waals surface area contributed by atoms with Crippen LogP contribution in [0.15, 0.2) is 11.1 Å². The van der Waals surface area contributed by atoms with Crippen LogP contribution in [0.1, 0.15) is 13.2 Å². The van der Waals surface area contributed by atoms with Crippen LogP contribution in [0.2, 0.25) is 0 Å². The molecule has 14 heteroatoms. The normalized spacial score (nSPS) is 28.8. The average Bonchev–Trinajstić information content (AvgIpc) is 3.13. The van der Waals surface area contributed by atoms with E-state index < -0.39 is 38.1 Å². The molecule has 7 N–H and O–H groups in total. The minimum Gasteiger partial charge on any atom is -0.387 e. The number of imidazole rings is 1. The van der Waals surface area contributed by atoms with Gasteiger partial charge in [-0.25, -0.2) is 4.98 Å². The third kappa shape index (κ3) is 4.16. The Morgan fingerprint density at radius 3 is 3.00 bits per heavy atom. The Hall–Kier alpha value is -1.31. The SMILES string of the molecule is CSCCOP(N)OCC1OC(n2cnc3c(=O)[nH]c(N)nc32)C(C)(O)C1O. The maximum absolute atomic E-state index is 12.0. The molecule has 0 amide bonds. The van der Waals surface area contributed by atoms with E-state index in [-0.39, 0.29) is 23.7 Å². The fourth-order valence-corrected chi connectivity index (χ4v) is 3.90. The van der Waals surface area contributed by atoms with E-state index in [1.165, 1.54) is 17.8 Å². The molecule has 2 aromatic rings. The second-order valence-electron chi connectivity index (χ2n) is 6.38. The monoisotopic (exact) mass is 434 g/mol. The van der Waals surface area contributed by atoms with Crippen molar-refractivity contribution in [2.75, 3.05) is 31.0 Å². The van der Waals surface area contributed by atoms with Crippen molar-refractivity contribution >= 4 is 37.4 Å². The third-order valence-corrected chi connectivity index (χ3v) is 5.75. The van der Waals surface area contributed by atoms with E-state index >= 15 is 0 Å². The molecule has 1 aliphatic heterocycles. The van der Waals surface area contributed by atoms with Crippen LogP contribution in [0, 0.1) is 0 Å². The second-order valence-corrected chi connectivity index (χ2v) is 8.45. The Bertz CT molecular complexity index is 878. The fourth-order valence-electron chi connectivity index (χ4n) is 2.89. The van der Waals surface area contributed by atoms with Gasteiger partial charge in [0.25, 0.3) is 14.1 Å². The molecule has 0 bridgehead atoms. The van der Waals surface area contributed by atoms with Crippen molar-refractivity contribution in [1.82, 2.24) is 19.5 Å². The molecule has 1 aliphatic rings. The number of hydrogen-bond donors (Lipinski definition) is 5. The lowest BCUT2D eigenvalue weighted by atomic mass is 9.96. The molecule has 0 radical (unpaired) electrons. The number of H-pyrrole nitrogens is 1. The first-order chi connectivity index (χ1) is 13.3. The van der Waals surface area contributed by atoms with Crippen molar-refractivity contribution in [3.05, 3.63) is 16.7 Å². The van der Waals surface area contributed by atoms with Crippen LogP contribution in [-0.2, 0) is 13.8 Å². The molecular formula is C14H23N6O6PS. The van der Waals surface area contributed by atoms with Crippen molar-refractivity contribution < 1.29 is 24.0 Å². The molecule has 1 saturated heterocycles. The summed E-state index contributed by atoms with van der Waals surface area (Å²) in [6, 6.07) is 0. The molecule has 0 aliphatic carbocycles. The average molecular weight is 434 g/mol. The van der Waals surface area contributed by atoms with Gasteiger partial charge in [0.15, 0.2) is 17.4 Å². The van der Waals surface area contributed by atoms with Crippen LogP contribution < -0.4 is 16.8 Å². The largest absolute Gasteiger partial charge is 0.387 e. The predicted octanol–water partition coefficient (Wildman–Crippen LogP) is -0.707. The number of nitrogens with zero attached hydrogens (tertiary/aromatic N) is 3. The van der Waals surface area contributed by atoms with Crippen LogP contribution in [0.4, 0.5) is 5.95 Å². The van der Waals surface area contributed by atoms with Gasteiger partial charge in [0, 0.05) is 5.75 Å². The maximum atomic E-state index is 12.0. The first kappa shape index (κ1) is 21.4. The molecule has 28 heavy (non-hydrogen) atoms. The van der Waals surface area contributed by atoms with Crippen molar-refractivity contribution in [3.8, 4) is 0 Å². The van der Waals surface area contributed by atoms with Gasteiger partial charge in [-0.2, -0.15) is 16.7 Å².